The summed E-state index contributed by atoms with van der Waals surface area (Å²) in [5.74, 6) is -0.861. The van der Waals surface area contributed by atoms with Gasteiger partial charge in [0, 0.05) is 0 Å². The van der Waals surface area contributed by atoms with Crippen LogP contribution in [-0.2, 0) is 4.79 Å². The summed E-state index contributed by atoms with van der Waals surface area (Å²) >= 11 is 0. The highest BCUT2D eigenvalue weighted by Gasteiger charge is 2.28. The second-order valence-corrected chi connectivity index (χ2v) is 2.14. The van der Waals surface area contributed by atoms with Crippen LogP contribution in [0.3, 0.4) is 0 Å². The van der Waals surface area contributed by atoms with Crippen molar-refractivity contribution in [3.63, 3.8) is 0 Å². The molecule has 0 saturated carbocycles. The third-order valence-electron chi connectivity index (χ3n) is 1.52. The molecule has 0 aliphatic rings. The lowest BCUT2D eigenvalue weighted by molar-refractivity contribution is -0.143. The fraction of sp³-hybridized carbons (Fsp3) is 0.667. The van der Waals surface area contributed by atoms with E-state index in [9.17, 15) is 4.79 Å². The molecule has 0 fully saturated rings. The van der Waals surface area contributed by atoms with Crippen LogP contribution in [-0.4, -0.2) is 23.7 Å². The number of carbonyl (C=O) groups is 1. The van der Waals surface area contributed by atoms with Gasteiger partial charge in [-0.05, 0) is 20.4 Å². The van der Waals surface area contributed by atoms with Gasteiger partial charge in [0.15, 0.2) is 0 Å². The van der Waals surface area contributed by atoms with Gasteiger partial charge in [0.05, 0.1) is 0 Å². The fourth-order valence-corrected chi connectivity index (χ4v) is 0.339. The summed E-state index contributed by atoms with van der Waals surface area (Å²) in [7, 11) is 1.61. The molecule has 0 spiro atoms. The molecule has 0 aromatic heterocycles. The number of nitrogens with one attached hydrogen (secondary N) is 1. The van der Waals surface area contributed by atoms with E-state index in [0.717, 1.165) is 0 Å². The number of rotatable bonds is 3. The normalized spacial score (nSPS) is 16.8. The molecule has 0 aliphatic carbocycles. The van der Waals surface area contributed by atoms with Crippen LogP contribution in [0.5, 0.6) is 0 Å². The maximum Gasteiger partial charge on any atom is 0.323 e. The minimum atomic E-state index is -0.861. The average Bonchev–Trinajstić information content (AvgIpc) is 1.86. The number of likely N-dealkylation sites (N-methyl/N-ethyl adjacent to an activating group) is 1. The maximum atomic E-state index is 10.4. The van der Waals surface area contributed by atoms with Crippen molar-refractivity contribution >= 4 is 5.97 Å². The first-order chi connectivity index (χ1) is 4.06. The van der Waals surface area contributed by atoms with Gasteiger partial charge in [0.2, 0.25) is 0 Å². The molecular formula is C6H12NO2. The van der Waals surface area contributed by atoms with Crippen molar-refractivity contribution in [3.05, 3.63) is 6.92 Å². The first-order valence-electron chi connectivity index (χ1n) is 2.78. The van der Waals surface area contributed by atoms with Crippen LogP contribution in [0.2, 0.25) is 0 Å². The largest absolute Gasteiger partial charge is 0.480 e. The molecule has 9 heavy (non-hydrogen) atoms. The van der Waals surface area contributed by atoms with Crippen molar-refractivity contribution < 1.29 is 9.90 Å². The third-order valence-corrected chi connectivity index (χ3v) is 1.52. The Labute approximate surface area is 55.1 Å². The molecule has 1 unspecified atom stereocenters. The molecule has 0 aromatic rings. The van der Waals surface area contributed by atoms with Gasteiger partial charge in [0.25, 0.3) is 0 Å². The van der Waals surface area contributed by atoms with Crippen LogP contribution in [0.1, 0.15) is 13.3 Å². The SMILES string of the molecule is [CH2]CC(C)(NC)C(=O)O. The molecule has 3 heteroatoms. The van der Waals surface area contributed by atoms with Gasteiger partial charge < -0.3 is 10.4 Å². The lowest BCUT2D eigenvalue weighted by atomic mass is 10.0. The Kier molecular flexibility index (Phi) is 2.65. The van der Waals surface area contributed by atoms with Crippen molar-refractivity contribution in [3.8, 4) is 0 Å². The molecule has 0 saturated heterocycles. The average molecular weight is 130 g/mol. The van der Waals surface area contributed by atoms with Crippen molar-refractivity contribution in [2.24, 2.45) is 0 Å². The van der Waals surface area contributed by atoms with E-state index >= 15 is 0 Å². The Morgan fingerprint density at radius 1 is 1.89 bits per heavy atom. The van der Waals surface area contributed by atoms with E-state index in [1.54, 1.807) is 14.0 Å². The Bertz CT molecular complexity index is 108. The van der Waals surface area contributed by atoms with E-state index < -0.39 is 11.5 Å². The molecule has 0 rings (SSSR count). The molecule has 1 atom stereocenters. The minimum Gasteiger partial charge on any atom is -0.480 e. The summed E-state index contributed by atoms with van der Waals surface area (Å²) in [5.41, 5.74) is -0.861. The summed E-state index contributed by atoms with van der Waals surface area (Å²) < 4.78 is 0. The second kappa shape index (κ2) is 2.82. The van der Waals surface area contributed by atoms with Gasteiger partial charge in [-0.3, -0.25) is 4.79 Å². The summed E-state index contributed by atoms with van der Waals surface area (Å²) in [6.45, 7) is 5.11. The quantitative estimate of drug-likeness (QED) is 0.576. The van der Waals surface area contributed by atoms with Gasteiger partial charge in [-0.15, -0.1) is 0 Å². The van der Waals surface area contributed by atoms with E-state index in [0.29, 0.717) is 6.42 Å². The number of carboxylic acid groups (broad SMARTS) is 1. The van der Waals surface area contributed by atoms with E-state index in [1.807, 2.05) is 0 Å². The van der Waals surface area contributed by atoms with Crippen molar-refractivity contribution in [1.82, 2.24) is 5.32 Å². The summed E-state index contributed by atoms with van der Waals surface area (Å²) in [6.07, 6.45) is 0.346. The van der Waals surface area contributed by atoms with Gasteiger partial charge >= 0.3 is 5.97 Å². The zero-order valence-electron chi connectivity index (χ0n) is 5.77. The maximum absolute atomic E-state index is 10.4. The van der Waals surface area contributed by atoms with Crippen LogP contribution in [0.4, 0.5) is 0 Å². The lowest BCUT2D eigenvalue weighted by Crippen LogP contribution is -2.46. The molecular weight excluding hydrogens is 118 g/mol. The number of hydrogen-bond acceptors (Lipinski definition) is 2. The van der Waals surface area contributed by atoms with E-state index in [-0.39, 0.29) is 0 Å². The van der Waals surface area contributed by atoms with Gasteiger partial charge in [-0.2, -0.15) is 0 Å². The molecule has 0 heterocycles. The molecule has 0 bridgehead atoms. The van der Waals surface area contributed by atoms with Gasteiger partial charge in [-0.25, -0.2) is 0 Å². The molecule has 53 valence electrons. The molecule has 2 N–H and O–H groups in total. The van der Waals surface area contributed by atoms with Gasteiger partial charge in [-0.1, -0.05) is 6.92 Å². The van der Waals surface area contributed by atoms with Crippen molar-refractivity contribution in [1.29, 1.82) is 0 Å². The van der Waals surface area contributed by atoms with Crippen LogP contribution in [0, 0.1) is 6.92 Å². The topological polar surface area (TPSA) is 49.3 Å². The van der Waals surface area contributed by atoms with Crippen molar-refractivity contribution in [2.75, 3.05) is 7.05 Å². The predicted octanol–water partition coefficient (Wildman–Crippen LogP) is 0.273. The Morgan fingerprint density at radius 2 is 2.33 bits per heavy atom. The highest BCUT2D eigenvalue weighted by atomic mass is 16.4. The number of hydrogen-bond donors (Lipinski definition) is 2. The zero-order valence-corrected chi connectivity index (χ0v) is 5.77. The zero-order chi connectivity index (χ0) is 7.49. The second-order valence-electron chi connectivity index (χ2n) is 2.14. The Hall–Kier alpha value is -0.570. The molecule has 3 nitrogen and oxygen atoms in total. The third kappa shape index (κ3) is 1.68. The molecule has 0 aromatic carbocycles. The Morgan fingerprint density at radius 3 is 2.33 bits per heavy atom. The van der Waals surface area contributed by atoms with Crippen LogP contribution in [0.15, 0.2) is 0 Å². The standard InChI is InChI=1S/C6H12NO2/c1-4-6(2,7-3)5(8)9/h7H,1,4H2,2-3H3,(H,8,9). The lowest BCUT2D eigenvalue weighted by Gasteiger charge is -2.21. The highest BCUT2D eigenvalue weighted by Crippen LogP contribution is 2.06. The smallest absolute Gasteiger partial charge is 0.323 e. The van der Waals surface area contributed by atoms with Crippen molar-refractivity contribution in [2.45, 2.75) is 18.9 Å². The number of carboxylic acids is 1. The number of aliphatic carboxylic acids is 1. The molecule has 0 amide bonds. The van der Waals surface area contributed by atoms with Crippen LogP contribution in [0.25, 0.3) is 0 Å². The van der Waals surface area contributed by atoms with Crippen LogP contribution >= 0.6 is 0 Å². The van der Waals surface area contributed by atoms with E-state index in [1.165, 1.54) is 0 Å². The summed E-state index contributed by atoms with van der Waals surface area (Å²) in [5, 5.41) is 11.2. The molecule has 0 aliphatic heterocycles. The Balaban J connectivity index is 4.09. The van der Waals surface area contributed by atoms with Crippen LogP contribution < -0.4 is 5.32 Å². The van der Waals surface area contributed by atoms with E-state index in [4.69, 9.17) is 5.11 Å². The monoisotopic (exact) mass is 130 g/mol. The molecule has 1 radical (unpaired) electrons. The highest BCUT2D eigenvalue weighted by molar-refractivity contribution is 5.78. The first-order valence-corrected chi connectivity index (χ1v) is 2.78. The summed E-state index contributed by atoms with van der Waals surface area (Å²) in [4.78, 5) is 10.4. The first kappa shape index (κ1) is 8.43. The summed E-state index contributed by atoms with van der Waals surface area (Å²) in [6, 6.07) is 0. The van der Waals surface area contributed by atoms with Gasteiger partial charge in [0.1, 0.15) is 5.54 Å². The van der Waals surface area contributed by atoms with E-state index in [2.05, 4.69) is 12.2 Å². The predicted molar refractivity (Wildman–Crippen MR) is 35.1 cm³/mol. The minimum absolute atomic E-state index is 0.346. The fourth-order valence-electron chi connectivity index (χ4n) is 0.339.